The molecule has 134 valence electrons. The molecule has 1 amide bonds. The fraction of sp³-hybridized carbons (Fsp3) is 0.947. The van der Waals surface area contributed by atoms with Gasteiger partial charge in [-0.1, -0.05) is 26.7 Å². The first-order valence-corrected chi connectivity index (χ1v) is 9.51. The van der Waals surface area contributed by atoms with Crippen LogP contribution < -0.4 is 5.32 Å². The number of carbonyl (C=O) groups excluding carboxylic acids is 1. The fourth-order valence-electron chi connectivity index (χ4n) is 3.71. The zero-order valence-corrected chi connectivity index (χ0v) is 15.7. The molecule has 2 rings (SSSR count). The minimum atomic E-state index is -0.413. The monoisotopic (exact) mass is 324 g/mol. The van der Waals surface area contributed by atoms with Crippen LogP contribution in [0.25, 0.3) is 0 Å². The normalized spacial score (nSPS) is 25.5. The molecule has 2 fully saturated rings. The van der Waals surface area contributed by atoms with Gasteiger partial charge < -0.3 is 15.0 Å². The van der Waals surface area contributed by atoms with E-state index < -0.39 is 5.60 Å². The van der Waals surface area contributed by atoms with E-state index >= 15 is 0 Å². The van der Waals surface area contributed by atoms with Gasteiger partial charge in [0.15, 0.2) is 0 Å². The maximum absolute atomic E-state index is 12.4. The van der Waals surface area contributed by atoms with Crippen molar-refractivity contribution >= 4 is 6.09 Å². The topological polar surface area (TPSA) is 41.6 Å². The lowest BCUT2D eigenvalue weighted by Gasteiger charge is -2.36. The molecular formula is C19H36N2O2. The van der Waals surface area contributed by atoms with E-state index in [0.717, 1.165) is 37.8 Å². The van der Waals surface area contributed by atoms with Gasteiger partial charge in [-0.3, -0.25) is 0 Å². The Morgan fingerprint density at radius 1 is 1.17 bits per heavy atom. The molecule has 0 aromatic heterocycles. The Morgan fingerprint density at radius 3 is 2.39 bits per heavy atom. The number of hydrogen-bond acceptors (Lipinski definition) is 3. The fourth-order valence-corrected chi connectivity index (χ4v) is 3.71. The third-order valence-corrected chi connectivity index (χ3v) is 5.05. The van der Waals surface area contributed by atoms with Crippen molar-refractivity contribution in [3.05, 3.63) is 0 Å². The van der Waals surface area contributed by atoms with Crippen molar-refractivity contribution in [2.45, 2.75) is 90.8 Å². The van der Waals surface area contributed by atoms with E-state index in [2.05, 4.69) is 19.2 Å². The highest BCUT2D eigenvalue weighted by Gasteiger charge is 2.35. The summed E-state index contributed by atoms with van der Waals surface area (Å²) in [4.78, 5) is 14.3. The quantitative estimate of drug-likeness (QED) is 0.796. The zero-order valence-electron chi connectivity index (χ0n) is 15.7. The summed E-state index contributed by atoms with van der Waals surface area (Å²) in [6.45, 7) is 12.1. The summed E-state index contributed by atoms with van der Waals surface area (Å²) < 4.78 is 5.56. The summed E-state index contributed by atoms with van der Waals surface area (Å²) in [5, 5.41) is 3.73. The molecule has 0 radical (unpaired) electrons. The maximum Gasteiger partial charge on any atom is 0.410 e. The van der Waals surface area contributed by atoms with E-state index in [-0.39, 0.29) is 6.09 Å². The predicted molar refractivity (Wildman–Crippen MR) is 94.5 cm³/mol. The lowest BCUT2D eigenvalue weighted by Crippen LogP contribution is -2.46. The molecule has 23 heavy (non-hydrogen) atoms. The van der Waals surface area contributed by atoms with Gasteiger partial charge >= 0.3 is 6.09 Å². The average molecular weight is 325 g/mol. The van der Waals surface area contributed by atoms with E-state index in [1.165, 1.54) is 25.7 Å². The number of ether oxygens (including phenoxy) is 1. The smallest absolute Gasteiger partial charge is 0.410 e. The Morgan fingerprint density at radius 2 is 1.83 bits per heavy atom. The molecule has 0 aliphatic heterocycles. The summed E-state index contributed by atoms with van der Waals surface area (Å²) in [6, 6.07) is 1.02. The van der Waals surface area contributed by atoms with Crippen LogP contribution in [-0.4, -0.2) is 41.8 Å². The van der Waals surface area contributed by atoms with E-state index in [1.54, 1.807) is 0 Å². The largest absolute Gasteiger partial charge is 0.444 e. The number of carbonyl (C=O) groups is 1. The Kier molecular flexibility index (Phi) is 6.35. The van der Waals surface area contributed by atoms with Crippen LogP contribution in [0.5, 0.6) is 0 Å². The molecule has 4 nitrogen and oxygen atoms in total. The van der Waals surface area contributed by atoms with Crippen LogP contribution in [0.3, 0.4) is 0 Å². The standard InChI is InChI=1S/C19H36N2O2/c1-14(2)16-8-6-7-9-17(16)20-12-13-21(15-10-11-15)18(22)23-19(3,4)5/h14-17,20H,6-13H2,1-5H3. The number of nitrogens with one attached hydrogen (secondary N) is 1. The molecule has 0 aromatic rings. The van der Waals surface area contributed by atoms with Gasteiger partial charge in [0.05, 0.1) is 0 Å². The Balaban J connectivity index is 1.81. The summed E-state index contributed by atoms with van der Waals surface area (Å²) in [5.74, 6) is 1.51. The second-order valence-electron chi connectivity index (χ2n) is 8.66. The Bertz CT molecular complexity index is 385. The highest BCUT2D eigenvalue weighted by Crippen LogP contribution is 2.31. The van der Waals surface area contributed by atoms with Crippen molar-refractivity contribution in [2.75, 3.05) is 13.1 Å². The van der Waals surface area contributed by atoms with Crippen LogP contribution in [0.15, 0.2) is 0 Å². The first kappa shape index (κ1) is 18.6. The highest BCUT2D eigenvalue weighted by atomic mass is 16.6. The van der Waals surface area contributed by atoms with Crippen LogP contribution in [0, 0.1) is 11.8 Å². The zero-order chi connectivity index (χ0) is 17.0. The van der Waals surface area contributed by atoms with Gasteiger partial charge in [0.25, 0.3) is 0 Å². The summed E-state index contributed by atoms with van der Waals surface area (Å²) in [5.41, 5.74) is -0.413. The minimum Gasteiger partial charge on any atom is -0.444 e. The van der Waals surface area contributed by atoms with Crippen LogP contribution in [-0.2, 0) is 4.74 Å². The van der Waals surface area contributed by atoms with Crippen molar-refractivity contribution in [3.63, 3.8) is 0 Å². The SMILES string of the molecule is CC(C)C1CCCCC1NCCN(C(=O)OC(C)(C)C)C1CC1. The van der Waals surface area contributed by atoms with E-state index in [9.17, 15) is 4.79 Å². The molecule has 0 aromatic carbocycles. The van der Waals surface area contributed by atoms with Gasteiger partial charge in [-0.05, 0) is 58.3 Å². The molecule has 1 N–H and O–H groups in total. The second-order valence-corrected chi connectivity index (χ2v) is 8.66. The number of rotatable bonds is 6. The molecule has 0 bridgehead atoms. The lowest BCUT2D eigenvalue weighted by atomic mass is 9.78. The molecule has 0 heterocycles. The van der Waals surface area contributed by atoms with Gasteiger partial charge in [-0.25, -0.2) is 4.79 Å². The molecule has 2 aliphatic carbocycles. The first-order valence-electron chi connectivity index (χ1n) is 9.51. The van der Waals surface area contributed by atoms with Crippen molar-refractivity contribution < 1.29 is 9.53 Å². The lowest BCUT2D eigenvalue weighted by molar-refractivity contribution is 0.0232. The minimum absolute atomic E-state index is 0.147. The van der Waals surface area contributed by atoms with Gasteiger partial charge in [0, 0.05) is 25.2 Å². The molecule has 4 heteroatoms. The van der Waals surface area contributed by atoms with Crippen molar-refractivity contribution in [2.24, 2.45) is 11.8 Å². The van der Waals surface area contributed by atoms with Crippen molar-refractivity contribution in [3.8, 4) is 0 Å². The van der Waals surface area contributed by atoms with Gasteiger partial charge in [0.1, 0.15) is 5.60 Å². The van der Waals surface area contributed by atoms with Gasteiger partial charge in [-0.15, -0.1) is 0 Å². The highest BCUT2D eigenvalue weighted by molar-refractivity contribution is 5.69. The molecule has 2 aliphatic rings. The van der Waals surface area contributed by atoms with Gasteiger partial charge in [0.2, 0.25) is 0 Å². The molecule has 2 atom stereocenters. The summed E-state index contributed by atoms with van der Waals surface area (Å²) in [7, 11) is 0. The van der Waals surface area contributed by atoms with E-state index in [0.29, 0.717) is 12.1 Å². The molecule has 0 saturated heterocycles. The summed E-state index contributed by atoms with van der Waals surface area (Å²) >= 11 is 0. The number of nitrogens with zero attached hydrogens (tertiary/aromatic N) is 1. The van der Waals surface area contributed by atoms with E-state index in [1.807, 2.05) is 25.7 Å². The number of amides is 1. The van der Waals surface area contributed by atoms with Crippen LogP contribution in [0.4, 0.5) is 4.79 Å². The van der Waals surface area contributed by atoms with Crippen LogP contribution >= 0.6 is 0 Å². The maximum atomic E-state index is 12.4. The molecule has 0 spiro atoms. The molecular weight excluding hydrogens is 288 g/mol. The van der Waals surface area contributed by atoms with Gasteiger partial charge in [-0.2, -0.15) is 0 Å². The van der Waals surface area contributed by atoms with Crippen molar-refractivity contribution in [1.82, 2.24) is 10.2 Å². The Hall–Kier alpha value is -0.770. The first-order chi connectivity index (χ1) is 10.8. The third-order valence-electron chi connectivity index (χ3n) is 5.05. The van der Waals surface area contributed by atoms with Crippen molar-refractivity contribution in [1.29, 1.82) is 0 Å². The molecule has 2 unspecified atom stereocenters. The second kappa shape index (κ2) is 7.87. The van der Waals surface area contributed by atoms with Crippen LogP contribution in [0.2, 0.25) is 0 Å². The average Bonchev–Trinajstić information content (AvgIpc) is 3.26. The third kappa shape index (κ3) is 5.98. The molecule has 2 saturated carbocycles. The Labute approximate surface area is 142 Å². The van der Waals surface area contributed by atoms with E-state index in [4.69, 9.17) is 4.74 Å². The van der Waals surface area contributed by atoms with Crippen LogP contribution in [0.1, 0.15) is 73.1 Å². The predicted octanol–water partition coefficient (Wildman–Crippen LogP) is 4.19. The summed E-state index contributed by atoms with van der Waals surface area (Å²) in [6.07, 6.45) is 7.42. The number of hydrogen-bond donors (Lipinski definition) is 1.